The Bertz CT molecular complexity index is 592. The molecule has 0 aliphatic carbocycles. The van der Waals surface area contributed by atoms with Gasteiger partial charge in [-0.1, -0.05) is 31.5 Å². The van der Waals surface area contributed by atoms with E-state index in [1.54, 1.807) is 11.3 Å². The van der Waals surface area contributed by atoms with Crippen LogP contribution >= 0.6 is 11.3 Å². The van der Waals surface area contributed by atoms with Crippen molar-refractivity contribution in [2.45, 2.75) is 46.1 Å². The predicted molar refractivity (Wildman–Crippen MR) is 83.0 cm³/mol. The second-order valence-corrected chi connectivity index (χ2v) is 6.91. The Labute approximate surface area is 118 Å². The first-order valence-electron chi connectivity index (χ1n) is 6.75. The molecule has 0 fully saturated rings. The van der Waals surface area contributed by atoms with E-state index in [0.717, 1.165) is 17.7 Å². The van der Waals surface area contributed by atoms with Crippen LogP contribution in [0.5, 0.6) is 0 Å². The van der Waals surface area contributed by atoms with Gasteiger partial charge in [0.15, 0.2) is 0 Å². The van der Waals surface area contributed by atoms with E-state index in [4.69, 9.17) is 0 Å². The fourth-order valence-corrected chi connectivity index (χ4v) is 3.32. The summed E-state index contributed by atoms with van der Waals surface area (Å²) in [6.07, 6.45) is 2.01. The zero-order valence-corrected chi connectivity index (χ0v) is 12.9. The molecule has 0 spiro atoms. The third-order valence-electron chi connectivity index (χ3n) is 2.89. The summed E-state index contributed by atoms with van der Waals surface area (Å²) in [5.41, 5.74) is 1.00. The molecule has 0 bridgehead atoms. The molecule has 1 heterocycles. The number of fused-ring (bicyclic) bond motifs is 1. The molecule has 3 heteroatoms. The van der Waals surface area contributed by atoms with E-state index in [2.05, 4.69) is 24.4 Å². The summed E-state index contributed by atoms with van der Waals surface area (Å²) in [5, 5.41) is 4.30. The maximum Gasteiger partial charge on any atom is 0.262 e. The molecule has 2 nitrogen and oxygen atoms in total. The molecule has 1 aromatic carbocycles. The normalized spacial score (nSPS) is 11.8. The first-order valence-corrected chi connectivity index (χ1v) is 7.57. The number of rotatable bonds is 3. The SMILES string of the molecule is CCCc1c(C(=O)NC(C)(C)C)sc2ccccc12. The molecular formula is C16H21NOS. The van der Waals surface area contributed by atoms with Crippen LogP contribution in [0.2, 0.25) is 0 Å². The minimum Gasteiger partial charge on any atom is -0.347 e. The summed E-state index contributed by atoms with van der Waals surface area (Å²) >= 11 is 1.60. The molecule has 0 saturated heterocycles. The Kier molecular flexibility index (Phi) is 3.95. The molecule has 0 atom stereocenters. The van der Waals surface area contributed by atoms with E-state index in [1.165, 1.54) is 15.6 Å². The number of thiophene rings is 1. The van der Waals surface area contributed by atoms with Gasteiger partial charge in [0, 0.05) is 10.2 Å². The van der Waals surface area contributed by atoms with Crippen molar-refractivity contribution in [1.29, 1.82) is 0 Å². The summed E-state index contributed by atoms with van der Waals surface area (Å²) in [6.45, 7) is 8.19. The van der Waals surface area contributed by atoms with Gasteiger partial charge in [-0.2, -0.15) is 0 Å². The van der Waals surface area contributed by atoms with E-state index in [9.17, 15) is 4.79 Å². The fourth-order valence-electron chi connectivity index (χ4n) is 2.18. The highest BCUT2D eigenvalue weighted by Crippen LogP contribution is 2.32. The maximum atomic E-state index is 12.4. The summed E-state index contributed by atoms with van der Waals surface area (Å²) in [7, 11) is 0. The number of hydrogen-bond acceptors (Lipinski definition) is 2. The van der Waals surface area contributed by atoms with Crippen molar-refractivity contribution in [2.75, 3.05) is 0 Å². The number of benzene rings is 1. The van der Waals surface area contributed by atoms with Crippen LogP contribution in [0, 0.1) is 0 Å². The molecule has 0 unspecified atom stereocenters. The number of aryl methyl sites for hydroxylation is 1. The maximum absolute atomic E-state index is 12.4. The first-order chi connectivity index (χ1) is 8.92. The average molecular weight is 275 g/mol. The first kappa shape index (κ1) is 14.1. The average Bonchev–Trinajstić information content (AvgIpc) is 2.67. The zero-order chi connectivity index (χ0) is 14.0. The van der Waals surface area contributed by atoms with Crippen LogP contribution in [0.1, 0.15) is 49.4 Å². The monoisotopic (exact) mass is 275 g/mol. The summed E-state index contributed by atoms with van der Waals surface area (Å²) in [4.78, 5) is 13.3. The van der Waals surface area contributed by atoms with E-state index >= 15 is 0 Å². The van der Waals surface area contributed by atoms with Gasteiger partial charge >= 0.3 is 0 Å². The second kappa shape index (κ2) is 5.33. The van der Waals surface area contributed by atoms with E-state index < -0.39 is 0 Å². The Morgan fingerprint density at radius 2 is 1.95 bits per heavy atom. The Balaban J connectivity index is 2.47. The van der Waals surface area contributed by atoms with Crippen LogP contribution in [0.4, 0.5) is 0 Å². The summed E-state index contributed by atoms with van der Waals surface area (Å²) in [5.74, 6) is 0.0529. The standard InChI is InChI=1S/C16H21NOS/c1-5-8-12-11-9-6-7-10-13(11)19-14(12)15(18)17-16(2,3)4/h6-7,9-10H,5,8H2,1-4H3,(H,17,18). The van der Waals surface area contributed by atoms with Crippen molar-refractivity contribution in [3.63, 3.8) is 0 Å². The third-order valence-corrected chi connectivity index (χ3v) is 4.10. The number of carbonyl (C=O) groups excluding carboxylic acids is 1. The van der Waals surface area contributed by atoms with Crippen LogP contribution in [-0.2, 0) is 6.42 Å². The van der Waals surface area contributed by atoms with Gasteiger partial charge < -0.3 is 5.32 Å². The molecule has 0 aliphatic heterocycles. The molecule has 19 heavy (non-hydrogen) atoms. The minimum absolute atomic E-state index is 0.0529. The molecule has 1 amide bonds. The van der Waals surface area contributed by atoms with Crippen molar-refractivity contribution >= 4 is 27.3 Å². The zero-order valence-electron chi connectivity index (χ0n) is 12.0. The van der Waals surface area contributed by atoms with Gasteiger partial charge in [0.25, 0.3) is 5.91 Å². The van der Waals surface area contributed by atoms with Crippen LogP contribution in [0.3, 0.4) is 0 Å². The van der Waals surface area contributed by atoms with Crippen LogP contribution in [-0.4, -0.2) is 11.4 Å². The van der Waals surface area contributed by atoms with Crippen LogP contribution < -0.4 is 5.32 Å². The fraction of sp³-hybridized carbons (Fsp3) is 0.438. The van der Waals surface area contributed by atoms with Gasteiger partial charge in [-0.15, -0.1) is 11.3 Å². The van der Waals surface area contributed by atoms with Crippen molar-refractivity contribution < 1.29 is 4.79 Å². The van der Waals surface area contributed by atoms with Crippen LogP contribution in [0.15, 0.2) is 24.3 Å². The third kappa shape index (κ3) is 3.16. The largest absolute Gasteiger partial charge is 0.347 e. The number of carbonyl (C=O) groups is 1. The highest BCUT2D eigenvalue weighted by Gasteiger charge is 2.21. The molecule has 102 valence electrons. The second-order valence-electron chi connectivity index (χ2n) is 5.86. The smallest absolute Gasteiger partial charge is 0.262 e. The summed E-state index contributed by atoms with van der Waals surface area (Å²) < 4.78 is 1.20. The van der Waals surface area contributed by atoms with Crippen molar-refractivity contribution in [1.82, 2.24) is 5.32 Å². The lowest BCUT2D eigenvalue weighted by Gasteiger charge is -2.20. The number of nitrogens with one attached hydrogen (secondary N) is 1. The van der Waals surface area contributed by atoms with Gasteiger partial charge in [0.2, 0.25) is 0 Å². The van der Waals surface area contributed by atoms with Gasteiger partial charge in [-0.05, 0) is 44.2 Å². The quantitative estimate of drug-likeness (QED) is 0.884. The number of amides is 1. The van der Waals surface area contributed by atoms with Crippen LogP contribution in [0.25, 0.3) is 10.1 Å². The highest BCUT2D eigenvalue weighted by molar-refractivity contribution is 7.21. The van der Waals surface area contributed by atoms with Gasteiger partial charge in [0.1, 0.15) is 0 Å². The van der Waals surface area contributed by atoms with Gasteiger partial charge in [-0.25, -0.2) is 0 Å². The van der Waals surface area contributed by atoms with E-state index in [0.29, 0.717) is 0 Å². The molecule has 2 rings (SSSR count). The minimum atomic E-state index is -0.198. The Morgan fingerprint density at radius 3 is 2.58 bits per heavy atom. The van der Waals surface area contributed by atoms with Crippen molar-refractivity contribution in [2.24, 2.45) is 0 Å². The summed E-state index contributed by atoms with van der Waals surface area (Å²) in [6, 6.07) is 8.28. The number of hydrogen-bond donors (Lipinski definition) is 1. The Morgan fingerprint density at radius 1 is 1.26 bits per heavy atom. The molecule has 0 saturated carbocycles. The molecule has 2 aromatic rings. The highest BCUT2D eigenvalue weighted by atomic mass is 32.1. The molecule has 1 aromatic heterocycles. The van der Waals surface area contributed by atoms with E-state index in [1.807, 2.05) is 32.9 Å². The topological polar surface area (TPSA) is 29.1 Å². The van der Waals surface area contributed by atoms with Crippen molar-refractivity contribution in [3.05, 3.63) is 34.7 Å². The molecular weight excluding hydrogens is 254 g/mol. The lowest BCUT2D eigenvalue weighted by Crippen LogP contribution is -2.40. The van der Waals surface area contributed by atoms with Gasteiger partial charge in [0.05, 0.1) is 4.88 Å². The van der Waals surface area contributed by atoms with Gasteiger partial charge in [-0.3, -0.25) is 4.79 Å². The lowest BCUT2D eigenvalue weighted by molar-refractivity contribution is 0.0923. The predicted octanol–water partition coefficient (Wildman–Crippen LogP) is 4.38. The lowest BCUT2D eigenvalue weighted by atomic mass is 10.0. The van der Waals surface area contributed by atoms with Crippen molar-refractivity contribution in [3.8, 4) is 0 Å². The molecule has 1 N–H and O–H groups in total. The van der Waals surface area contributed by atoms with E-state index in [-0.39, 0.29) is 11.4 Å². The Hall–Kier alpha value is -1.35. The molecule has 0 radical (unpaired) electrons. The molecule has 0 aliphatic rings.